The third kappa shape index (κ3) is 3.41. The van der Waals surface area contributed by atoms with E-state index in [1.54, 1.807) is 42.5 Å². The van der Waals surface area contributed by atoms with E-state index in [1.807, 2.05) is 13.8 Å². The lowest BCUT2D eigenvalue weighted by atomic mass is 10.2. The maximum atomic E-state index is 13.1. The molecule has 2 aromatic carbocycles. The van der Waals surface area contributed by atoms with E-state index >= 15 is 0 Å². The Hall–Kier alpha value is -2.86. The molecule has 0 unspecified atom stereocenters. The number of amides is 2. The lowest BCUT2D eigenvalue weighted by Gasteiger charge is -2.14. The number of urea groups is 1. The zero-order chi connectivity index (χ0) is 18.7. The van der Waals surface area contributed by atoms with E-state index in [0.717, 1.165) is 0 Å². The molecule has 0 spiro atoms. The van der Waals surface area contributed by atoms with Gasteiger partial charge in [0.1, 0.15) is 5.82 Å². The number of benzene rings is 2. The number of rotatable bonds is 4. The second kappa shape index (κ2) is 7.58. The Bertz CT molecular complexity index is 1030. The van der Waals surface area contributed by atoms with E-state index in [0.29, 0.717) is 46.1 Å². The Morgan fingerprint density at radius 2 is 1.96 bits per heavy atom. The zero-order valence-electron chi connectivity index (χ0n) is 14.5. The van der Waals surface area contributed by atoms with Crippen molar-refractivity contribution < 1.29 is 4.79 Å². The topological polar surface area (TPSA) is 76.0 Å². The fraction of sp³-hybridized carbons (Fsp3) is 0.211. The minimum atomic E-state index is -0.299. The standard InChI is InChI=1S/C19H19ClN4O2/c1-3-16-23-15-10-6-9-14(20)17(15)18(25)24(16)13-8-5-7-12(11-13)22-19(26)21-4-2/h5-11H,3-4H2,1-2H3,(H2,21,22,26). The molecule has 1 heterocycles. The first-order valence-electron chi connectivity index (χ1n) is 8.40. The molecular weight excluding hydrogens is 352 g/mol. The van der Waals surface area contributed by atoms with E-state index in [1.165, 1.54) is 4.57 Å². The van der Waals surface area contributed by atoms with Crippen LogP contribution < -0.4 is 16.2 Å². The van der Waals surface area contributed by atoms with Gasteiger partial charge in [-0.15, -0.1) is 0 Å². The molecule has 0 aliphatic carbocycles. The highest BCUT2D eigenvalue weighted by Gasteiger charge is 2.14. The molecule has 0 radical (unpaired) electrons. The van der Waals surface area contributed by atoms with Crippen molar-refractivity contribution in [1.29, 1.82) is 0 Å². The highest BCUT2D eigenvalue weighted by molar-refractivity contribution is 6.35. The average Bonchev–Trinajstić information content (AvgIpc) is 2.61. The smallest absolute Gasteiger partial charge is 0.319 e. The number of carbonyl (C=O) groups excluding carboxylic acids is 1. The van der Waals surface area contributed by atoms with E-state index in [-0.39, 0.29) is 11.6 Å². The van der Waals surface area contributed by atoms with Crippen molar-refractivity contribution in [1.82, 2.24) is 14.9 Å². The molecule has 3 aromatic rings. The monoisotopic (exact) mass is 370 g/mol. The molecule has 1 aromatic heterocycles. The van der Waals surface area contributed by atoms with Gasteiger partial charge < -0.3 is 10.6 Å². The van der Waals surface area contributed by atoms with Crippen LogP contribution in [-0.4, -0.2) is 22.1 Å². The van der Waals surface area contributed by atoms with Gasteiger partial charge >= 0.3 is 6.03 Å². The molecule has 0 saturated heterocycles. The number of nitrogens with zero attached hydrogens (tertiary/aromatic N) is 2. The maximum absolute atomic E-state index is 13.1. The van der Waals surface area contributed by atoms with Crippen molar-refractivity contribution in [2.24, 2.45) is 0 Å². The third-order valence-corrected chi connectivity index (χ3v) is 4.25. The number of hydrogen-bond acceptors (Lipinski definition) is 3. The Morgan fingerprint density at radius 1 is 1.19 bits per heavy atom. The first kappa shape index (κ1) is 17.9. The highest BCUT2D eigenvalue weighted by Crippen LogP contribution is 2.21. The lowest BCUT2D eigenvalue weighted by molar-refractivity contribution is 0.252. The van der Waals surface area contributed by atoms with Crippen molar-refractivity contribution in [3.8, 4) is 5.69 Å². The second-order valence-electron chi connectivity index (χ2n) is 5.69. The van der Waals surface area contributed by atoms with Gasteiger partial charge in [0.2, 0.25) is 0 Å². The Balaban J connectivity index is 2.16. The molecule has 26 heavy (non-hydrogen) atoms. The molecule has 0 atom stereocenters. The first-order chi connectivity index (χ1) is 12.5. The molecule has 0 aliphatic heterocycles. The van der Waals surface area contributed by atoms with Crippen LogP contribution in [0.2, 0.25) is 5.02 Å². The molecule has 2 amide bonds. The predicted octanol–water partition coefficient (Wildman–Crippen LogP) is 3.74. The lowest BCUT2D eigenvalue weighted by Crippen LogP contribution is -2.28. The summed E-state index contributed by atoms with van der Waals surface area (Å²) in [6.07, 6.45) is 0.575. The van der Waals surface area contributed by atoms with Gasteiger partial charge in [0.15, 0.2) is 0 Å². The molecule has 134 valence electrons. The molecule has 0 bridgehead atoms. The zero-order valence-corrected chi connectivity index (χ0v) is 15.3. The van der Waals surface area contributed by atoms with Crippen LogP contribution in [0.4, 0.5) is 10.5 Å². The van der Waals surface area contributed by atoms with Crippen LogP contribution in [0, 0.1) is 0 Å². The van der Waals surface area contributed by atoms with E-state index in [4.69, 9.17) is 11.6 Å². The summed E-state index contributed by atoms with van der Waals surface area (Å²) in [4.78, 5) is 29.4. The Labute approximate surface area is 155 Å². The van der Waals surface area contributed by atoms with Gasteiger partial charge in [-0.1, -0.05) is 30.7 Å². The molecule has 0 aliphatic rings. The summed E-state index contributed by atoms with van der Waals surface area (Å²) in [5.74, 6) is 0.625. The van der Waals surface area contributed by atoms with E-state index in [9.17, 15) is 9.59 Å². The summed E-state index contributed by atoms with van der Waals surface area (Å²) in [7, 11) is 0. The quantitative estimate of drug-likeness (QED) is 0.734. The van der Waals surface area contributed by atoms with Crippen LogP contribution in [0.1, 0.15) is 19.7 Å². The summed E-state index contributed by atoms with van der Waals surface area (Å²) in [6.45, 7) is 4.30. The fourth-order valence-electron chi connectivity index (χ4n) is 2.80. The molecule has 2 N–H and O–H groups in total. The van der Waals surface area contributed by atoms with Gasteiger partial charge in [0.25, 0.3) is 5.56 Å². The predicted molar refractivity (Wildman–Crippen MR) is 104 cm³/mol. The highest BCUT2D eigenvalue weighted by atomic mass is 35.5. The van der Waals surface area contributed by atoms with Crippen molar-refractivity contribution in [2.45, 2.75) is 20.3 Å². The number of carbonyl (C=O) groups is 1. The molecule has 0 fully saturated rings. The summed E-state index contributed by atoms with van der Waals surface area (Å²) < 4.78 is 1.54. The van der Waals surface area contributed by atoms with Crippen LogP contribution in [0.3, 0.4) is 0 Å². The Kier molecular flexibility index (Phi) is 5.23. The van der Waals surface area contributed by atoms with Crippen molar-refractivity contribution in [3.63, 3.8) is 0 Å². The van der Waals surface area contributed by atoms with E-state index in [2.05, 4.69) is 15.6 Å². The van der Waals surface area contributed by atoms with Gasteiger partial charge in [0, 0.05) is 18.7 Å². The number of anilines is 1. The van der Waals surface area contributed by atoms with Gasteiger partial charge in [0.05, 0.1) is 21.6 Å². The van der Waals surface area contributed by atoms with Crippen LogP contribution in [-0.2, 0) is 6.42 Å². The van der Waals surface area contributed by atoms with Gasteiger partial charge in [-0.05, 0) is 37.3 Å². The SMILES string of the molecule is CCNC(=O)Nc1cccc(-n2c(CC)nc3cccc(Cl)c3c2=O)c1. The number of aryl methyl sites for hydroxylation is 1. The van der Waals surface area contributed by atoms with Crippen LogP contribution in [0.15, 0.2) is 47.3 Å². The summed E-state index contributed by atoms with van der Waals surface area (Å²) in [5, 5.41) is 6.17. The molecule has 6 nitrogen and oxygen atoms in total. The largest absolute Gasteiger partial charge is 0.338 e. The van der Waals surface area contributed by atoms with Crippen molar-refractivity contribution >= 4 is 34.2 Å². The average molecular weight is 371 g/mol. The number of fused-ring (bicyclic) bond motifs is 1. The first-order valence-corrected chi connectivity index (χ1v) is 8.78. The molecule has 0 saturated carbocycles. The van der Waals surface area contributed by atoms with Gasteiger partial charge in [-0.2, -0.15) is 0 Å². The summed E-state index contributed by atoms with van der Waals surface area (Å²) in [6, 6.07) is 12.0. The number of aromatic nitrogens is 2. The number of hydrogen-bond donors (Lipinski definition) is 2. The van der Waals surface area contributed by atoms with Crippen LogP contribution >= 0.6 is 11.6 Å². The maximum Gasteiger partial charge on any atom is 0.319 e. The van der Waals surface area contributed by atoms with E-state index < -0.39 is 0 Å². The number of nitrogens with one attached hydrogen (secondary N) is 2. The fourth-order valence-corrected chi connectivity index (χ4v) is 3.05. The minimum Gasteiger partial charge on any atom is -0.338 e. The Morgan fingerprint density at radius 3 is 2.69 bits per heavy atom. The second-order valence-corrected chi connectivity index (χ2v) is 6.10. The number of halogens is 1. The van der Waals surface area contributed by atoms with Crippen molar-refractivity contribution in [2.75, 3.05) is 11.9 Å². The van der Waals surface area contributed by atoms with Gasteiger partial charge in [-0.25, -0.2) is 9.78 Å². The van der Waals surface area contributed by atoms with Crippen LogP contribution in [0.25, 0.3) is 16.6 Å². The summed E-state index contributed by atoms with van der Waals surface area (Å²) >= 11 is 6.23. The molecular formula is C19H19ClN4O2. The molecule has 3 rings (SSSR count). The minimum absolute atomic E-state index is 0.229. The van der Waals surface area contributed by atoms with Crippen LogP contribution in [0.5, 0.6) is 0 Å². The van der Waals surface area contributed by atoms with Crippen molar-refractivity contribution in [3.05, 3.63) is 63.7 Å². The van der Waals surface area contributed by atoms with Gasteiger partial charge in [-0.3, -0.25) is 9.36 Å². The molecule has 7 heteroatoms. The third-order valence-electron chi connectivity index (χ3n) is 3.93. The normalized spacial score (nSPS) is 10.7. The summed E-state index contributed by atoms with van der Waals surface area (Å²) in [5.41, 5.74) is 1.55.